The number of fused-ring (bicyclic) bond motifs is 1. The number of hydrogen-bond donors (Lipinski definition) is 0. The van der Waals surface area contributed by atoms with E-state index in [1.165, 1.54) is 25.5 Å². The Balaban J connectivity index is 1.48. The predicted molar refractivity (Wildman–Crippen MR) is 78.5 cm³/mol. The van der Waals surface area contributed by atoms with E-state index in [4.69, 9.17) is 4.74 Å². The maximum Gasteiger partial charge on any atom is 0.129 e. The molecule has 0 unspecified atom stereocenters. The van der Waals surface area contributed by atoms with Crippen LogP contribution in [0.2, 0.25) is 0 Å². The first kappa shape index (κ1) is 11.0. The number of hydrogen-bond acceptors (Lipinski definition) is 2. The topological polar surface area (TPSA) is 26.3 Å². The molecule has 0 aromatic carbocycles. The van der Waals surface area contributed by atoms with Crippen LogP contribution in [0.3, 0.4) is 0 Å². The molecule has 0 aromatic rings. The van der Waals surface area contributed by atoms with E-state index in [-0.39, 0.29) is 5.41 Å². The number of carbonyl (C=O) groups excluding carboxylic acids is 1. The summed E-state index contributed by atoms with van der Waals surface area (Å²) < 4.78 is 6.77. The predicted octanol–water partition coefficient (Wildman–Crippen LogP) is 2.54. The minimum absolute atomic E-state index is 0.0737. The summed E-state index contributed by atoms with van der Waals surface area (Å²) in [5.41, 5.74) is -0.0737. The molecule has 114 valence electrons. The monoisotopic (exact) mass is 294 g/mol. The molecule has 1 aliphatic heterocycles. The van der Waals surface area contributed by atoms with Crippen LogP contribution in [-0.4, -0.2) is 18.5 Å². The van der Waals surface area contributed by atoms with E-state index >= 15 is 0 Å². The SMILES string of the molecule is O=C[C@]12[C@H]3[C@H]4C=CC[C@H]4[C@H]4[C@@H]3[C@@H]3[C@@H]5[C@@H]4[C@@H]1O[C@@H]1CC[C@H]([C@H]51)[C@@H]32. The molecule has 0 spiro atoms. The number of aldehydes is 1. The third kappa shape index (κ3) is 0.719. The van der Waals surface area contributed by atoms with Gasteiger partial charge in [-0.3, -0.25) is 0 Å². The lowest BCUT2D eigenvalue weighted by atomic mass is 9.56. The van der Waals surface area contributed by atoms with E-state index in [0.717, 1.165) is 53.3 Å². The molecule has 22 heavy (non-hydrogen) atoms. The van der Waals surface area contributed by atoms with Crippen molar-refractivity contribution in [2.24, 2.45) is 70.5 Å². The molecule has 8 fully saturated rings. The Bertz CT molecular complexity index is 667. The Kier molecular flexibility index (Phi) is 1.45. The maximum absolute atomic E-state index is 12.6. The molecule has 1 heterocycles. The van der Waals surface area contributed by atoms with E-state index in [2.05, 4.69) is 12.2 Å². The Morgan fingerprint density at radius 3 is 2.77 bits per heavy atom. The molecule has 0 amide bonds. The molecular weight excluding hydrogens is 272 g/mol. The van der Waals surface area contributed by atoms with E-state index in [1.807, 2.05) is 0 Å². The van der Waals surface area contributed by atoms with Gasteiger partial charge in [-0.25, -0.2) is 0 Å². The summed E-state index contributed by atoms with van der Waals surface area (Å²) in [5.74, 6) is 9.08. The van der Waals surface area contributed by atoms with Crippen LogP contribution in [0.15, 0.2) is 12.2 Å². The van der Waals surface area contributed by atoms with Crippen molar-refractivity contribution in [3.8, 4) is 0 Å². The summed E-state index contributed by atoms with van der Waals surface area (Å²) in [7, 11) is 0. The number of carbonyl (C=O) groups is 1. The number of ether oxygens (including phenoxy) is 1. The van der Waals surface area contributed by atoms with Gasteiger partial charge >= 0.3 is 0 Å². The van der Waals surface area contributed by atoms with Crippen molar-refractivity contribution in [1.82, 2.24) is 0 Å². The van der Waals surface area contributed by atoms with E-state index < -0.39 is 0 Å². The van der Waals surface area contributed by atoms with Gasteiger partial charge in [-0.1, -0.05) is 12.2 Å². The summed E-state index contributed by atoms with van der Waals surface area (Å²) in [6.07, 6.45) is 11.2. The van der Waals surface area contributed by atoms with Gasteiger partial charge in [0.05, 0.1) is 17.6 Å². The van der Waals surface area contributed by atoms with E-state index in [1.54, 1.807) is 0 Å². The van der Waals surface area contributed by atoms with Crippen molar-refractivity contribution in [3.63, 3.8) is 0 Å². The Morgan fingerprint density at radius 1 is 0.955 bits per heavy atom. The molecule has 0 aromatic heterocycles. The smallest absolute Gasteiger partial charge is 0.129 e. The molecule has 9 aliphatic rings. The average Bonchev–Trinajstić information content (AvgIpc) is 3.25. The minimum Gasteiger partial charge on any atom is -0.373 e. The summed E-state index contributed by atoms with van der Waals surface area (Å²) in [5, 5.41) is 0. The third-order valence-electron chi connectivity index (χ3n) is 10.4. The lowest BCUT2D eigenvalue weighted by molar-refractivity contribution is -0.204. The second-order valence-electron chi connectivity index (χ2n) is 9.87. The molecule has 9 rings (SSSR count). The van der Waals surface area contributed by atoms with Crippen molar-refractivity contribution in [2.45, 2.75) is 31.5 Å². The van der Waals surface area contributed by atoms with Gasteiger partial charge in [0.2, 0.25) is 0 Å². The fraction of sp³-hybridized carbons (Fsp3) is 0.850. The van der Waals surface area contributed by atoms with Crippen LogP contribution in [0.25, 0.3) is 0 Å². The van der Waals surface area contributed by atoms with Crippen LogP contribution in [0, 0.1) is 70.5 Å². The summed E-state index contributed by atoms with van der Waals surface area (Å²) in [6, 6.07) is 0. The Labute approximate surface area is 130 Å². The number of allylic oxidation sites excluding steroid dienone is 2. The zero-order chi connectivity index (χ0) is 14.0. The summed E-state index contributed by atoms with van der Waals surface area (Å²) in [4.78, 5) is 12.6. The number of rotatable bonds is 1. The highest BCUT2D eigenvalue weighted by atomic mass is 16.5. The first-order valence-electron chi connectivity index (χ1n) is 9.66. The van der Waals surface area contributed by atoms with Gasteiger partial charge in [-0.2, -0.15) is 0 Å². The lowest BCUT2D eigenvalue weighted by Crippen LogP contribution is -2.59. The fourth-order valence-electron chi connectivity index (χ4n) is 10.8. The maximum atomic E-state index is 12.6. The summed E-state index contributed by atoms with van der Waals surface area (Å²) in [6.45, 7) is 0. The molecule has 2 heteroatoms. The van der Waals surface area contributed by atoms with Gasteiger partial charge in [0.1, 0.15) is 6.29 Å². The van der Waals surface area contributed by atoms with Crippen molar-refractivity contribution >= 4 is 6.29 Å². The van der Waals surface area contributed by atoms with E-state index in [9.17, 15) is 4.79 Å². The van der Waals surface area contributed by atoms with Crippen molar-refractivity contribution in [3.05, 3.63) is 12.2 Å². The Morgan fingerprint density at radius 2 is 1.86 bits per heavy atom. The molecule has 14 atom stereocenters. The third-order valence-corrected chi connectivity index (χ3v) is 10.4. The minimum atomic E-state index is -0.0737. The van der Waals surface area contributed by atoms with Crippen LogP contribution in [-0.2, 0) is 9.53 Å². The molecule has 7 saturated carbocycles. The molecular formula is C20H22O2. The Hall–Kier alpha value is -0.630. The first-order chi connectivity index (χ1) is 10.9. The normalized spacial score (nSPS) is 78.8. The van der Waals surface area contributed by atoms with Gasteiger partial charge in [0.25, 0.3) is 0 Å². The molecule has 0 radical (unpaired) electrons. The second kappa shape index (κ2) is 2.90. The fourth-order valence-corrected chi connectivity index (χ4v) is 10.8. The lowest BCUT2D eigenvalue weighted by Gasteiger charge is -2.54. The molecule has 1 saturated heterocycles. The molecule has 9 bridgehead atoms. The van der Waals surface area contributed by atoms with Gasteiger partial charge in [0, 0.05) is 0 Å². The quantitative estimate of drug-likeness (QED) is 0.549. The first-order valence-corrected chi connectivity index (χ1v) is 9.66. The summed E-state index contributed by atoms with van der Waals surface area (Å²) >= 11 is 0. The molecule has 0 N–H and O–H groups in total. The zero-order valence-corrected chi connectivity index (χ0v) is 12.7. The standard InChI is InChI=1S/C20H22O2/c21-6-20-17-8-3-1-2-7(8)12-14(17)15-13-11-9(18(15)20)4-5-10(11)22-19(20)16(12)13/h1,3,6-19H,2,4-5H2/t7-,8+,9-,10-,11+,12+,13-,14-,15+,16-,17+,18+,19+,20-/m1/s1. The average molecular weight is 294 g/mol. The molecule has 2 nitrogen and oxygen atoms in total. The second-order valence-corrected chi connectivity index (χ2v) is 9.87. The van der Waals surface area contributed by atoms with Crippen LogP contribution in [0.4, 0.5) is 0 Å². The largest absolute Gasteiger partial charge is 0.373 e. The van der Waals surface area contributed by atoms with Crippen LogP contribution >= 0.6 is 0 Å². The van der Waals surface area contributed by atoms with Crippen LogP contribution < -0.4 is 0 Å². The van der Waals surface area contributed by atoms with Crippen LogP contribution in [0.5, 0.6) is 0 Å². The van der Waals surface area contributed by atoms with Crippen molar-refractivity contribution in [1.29, 1.82) is 0 Å². The van der Waals surface area contributed by atoms with Crippen molar-refractivity contribution in [2.75, 3.05) is 0 Å². The van der Waals surface area contributed by atoms with Gasteiger partial charge in [-0.15, -0.1) is 0 Å². The van der Waals surface area contributed by atoms with E-state index in [0.29, 0.717) is 24.0 Å². The highest BCUT2D eigenvalue weighted by Crippen LogP contribution is 2.88. The highest BCUT2D eigenvalue weighted by molar-refractivity contribution is 5.67. The zero-order valence-electron chi connectivity index (χ0n) is 12.7. The highest BCUT2D eigenvalue weighted by Gasteiger charge is 2.89. The van der Waals surface area contributed by atoms with Gasteiger partial charge < -0.3 is 9.53 Å². The van der Waals surface area contributed by atoms with Crippen molar-refractivity contribution < 1.29 is 9.53 Å². The molecule has 8 aliphatic carbocycles. The van der Waals surface area contributed by atoms with Gasteiger partial charge in [0.15, 0.2) is 0 Å². The van der Waals surface area contributed by atoms with Crippen LogP contribution in [0.1, 0.15) is 19.3 Å². The van der Waals surface area contributed by atoms with Gasteiger partial charge in [-0.05, 0) is 84.4 Å².